The van der Waals surface area contributed by atoms with Gasteiger partial charge in [0.15, 0.2) is 0 Å². The van der Waals surface area contributed by atoms with Crippen LogP contribution in [0.1, 0.15) is 57.1 Å². The predicted molar refractivity (Wildman–Crippen MR) is 124 cm³/mol. The zero-order chi connectivity index (χ0) is 24.5. The van der Waals surface area contributed by atoms with Gasteiger partial charge in [-0.2, -0.15) is 0 Å². The summed E-state index contributed by atoms with van der Waals surface area (Å²) in [6.07, 6.45) is -1.60. The van der Waals surface area contributed by atoms with E-state index in [0.717, 1.165) is 22.3 Å². The van der Waals surface area contributed by atoms with Crippen LogP contribution in [0.3, 0.4) is 0 Å². The van der Waals surface area contributed by atoms with Crippen molar-refractivity contribution in [3.8, 4) is 11.1 Å². The molecule has 0 unspecified atom stereocenters. The van der Waals surface area contributed by atoms with Crippen molar-refractivity contribution < 1.29 is 27.8 Å². The molecule has 2 N–H and O–H groups in total. The molecule has 1 fully saturated rings. The molecule has 0 heterocycles. The number of ether oxygens (including phenoxy) is 2. The highest BCUT2D eigenvalue weighted by molar-refractivity contribution is 5.79. The Labute approximate surface area is 198 Å². The summed E-state index contributed by atoms with van der Waals surface area (Å²) in [7, 11) is 0. The zero-order valence-corrected chi connectivity index (χ0v) is 19.6. The number of nitrogens with one attached hydrogen (secondary N) is 2. The van der Waals surface area contributed by atoms with Gasteiger partial charge in [0.25, 0.3) is 5.92 Å². The van der Waals surface area contributed by atoms with Crippen molar-refractivity contribution >= 4 is 12.2 Å². The first kappa shape index (κ1) is 24.0. The van der Waals surface area contributed by atoms with E-state index in [1.54, 1.807) is 20.8 Å². The third-order valence-corrected chi connectivity index (χ3v) is 6.20. The van der Waals surface area contributed by atoms with Crippen molar-refractivity contribution in [3.05, 3.63) is 59.7 Å². The molecule has 8 heteroatoms. The van der Waals surface area contributed by atoms with Gasteiger partial charge >= 0.3 is 12.2 Å². The van der Waals surface area contributed by atoms with E-state index < -0.39 is 35.8 Å². The molecule has 0 bridgehead atoms. The summed E-state index contributed by atoms with van der Waals surface area (Å²) < 4.78 is 40.1. The molecule has 1 saturated carbocycles. The van der Waals surface area contributed by atoms with Gasteiger partial charge in [0, 0.05) is 12.3 Å². The lowest BCUT2D eigenvalue weighted by atomic mass is 9.87. The SMILES string of the molecule is CC(C)(C)OC(=O)N[C@H]1CCCC(F)(F)[C@@H]1NC(=O)OCC1c2ccccc2-c2ccccc21. The average molecular weight is 473 g/mol. The molecule has 34 heavy (non-hydrogen) atoms. The minimum absolute atomic E-state index is 0.0162. The van der Waals surface area contributed by atoms with Gasteiger partial charge < -0.3 is 20.1 Å². The maximum Gasteiger partial charge on any atom is 0.407 e. The Hall–Kier alpha value is -3.16. The molecule has 6 nitrogen and oxygen atoms in total. The monoisotopic (exact) mass is 472 g/mol. The summed E-state index contributed by atoms with van der Waals surface area (Å²) >= 11 is 0. The average Bonchev–Trinajstić information content (AvgIpc) is 3.07. The van der Waals surface area contributed by atoms with Crippen molar-refractivity contribution in [1.29, 1.82) is 0 Å². The third kappa shape index (κ3) is 5.16. The van der Waals surface area contributed by atoms with Gasteiger partial charge in [-0.05, 0) is 55.9 Å². The van der Waals surface area contributed by atoms with Crippen LogP contribution in [0.2, 0.25) is 0 Å². The molecule has 2 aromatic carbocycles. The number of rotatable bonds is 4. The topological polar surface area (TPSA) is 76.7 Å². The van der Waals surface area contributed by atoms with E-state index in [9.17, 15) is 18.4 Å². The first-order chi connectivity index (χ1) is 16.0. The number of hydrogen-bond acceptors (Lipinski definition) is 4. The second-order valence-electron chi connectivity index (χ2n) is 9.85. The van der Waals surface area contributed by atoms with E-state index in [2.05, 4.69) is 10.6 Å². The summed E-state index contributed by atoms with van der Waals surface area (Å²) in [5.74, 6) is -3.37. The molecule has 2 aliphatic rings. The van der Waals surface area contributed by atoms with Crippen LogP contribution in [0.5, 0.6) is 0 Å². The highest BCUT2D eigenvalue weighted by atomic mass is 19.3. The fourth-order valence-electron chi connectivity index (χ4n) is 4.76. The van der Waals surface area contributed by atoms with Crippen molar-refractivity contribution in [3.63, 3.8) is 0 Å². The maximum atomic E-state index is 14.7. The summed E-state index contributed by atoms with van der Waals surface area (Å²) in [5, 5.41) is 4.82. The van der Waals surface area contributed by atoms with Gasteiger partial charge in [0.2, 0.25) is 0 Å². The van der Waals surface area contributed by atoms with E-state index in [1.807, 2.05) is 48.5 Å². The first-order valence-electron chi connectivity index (χ1n) is 11.5. The molecule has 0 aliphatic heterocycles. The second-order valence-corrected chi connectivity index (χ2v) is 9.85. The molecule has 0 saturated heterocycles. The lowest BCUT2D eigenvalue weighted by Gasteiger charge is -2.38. The van der Waals surface area contributed by atoms with E-state index in [0.29, 0.717) is 6.42 Å². The highest BCUT2D eigenvalue weighted by Crippen LogP contribution is 2.44. The number of carbonyl (C=O) groups is 2. The molecule has 2 aliphatic carbocycles. The molecule has 4 rings (SSSR count). The van der Waals surface area contributed by atoms with E-state index in [4.69, 9.17) is 9.47 Å². The van der Waals surface area contributed by atoms with Crippen LogP contribution in [-0.4, -0.2) is 42.4 Å². The second kappa shape index (κ2) is 9.24. The zero-order valence-electron chi connectivity index (χ0n) is 19.6. The van der Waals surface area contributed by atoms with Crippen molar-refractivity contribution in [2.24, 2.45) is 0 Å². The quantitative estimate of drug-likeness (QED) is 0.607. The van der Waals surface area contributed by atoms with Gasteiger partial charge in [-0.15, -0.1) is 0 Å². The molecule has 0 radical (unpaired) electrons. The maximum absolute atomic E-state index is 14.7. The minimum atomic E-state index is -3.19. The van der Waals surface area contributed by atoms with Crippen molar-refractivity contribution in [2.75, 3.05) is 6.61 Å². The predicted octanol–water partition coefficient (Wildman–Crippen LogP) is 5.61. The standard InChI is InChI=1S/C26H30F2N2O4/c1-25(2,3)34-24(32)29-21-13-8-14-26(27,28)22(21)30-23(31)33-15-20-18-11-6-4-9-16(18)17-10-5-7-12-19(17)20/h4-7,9-12,20-22H,8,13-15H2,1-3H3,(H,29,32)(H,30,31)/t21-,22+/m0/s1. The van der Waals surface area contributed by atoms with Crippen molar-refractivity contribution in [1.82, 2.24) is 10.6 Å². The number of amides is 2. The number of alkyl carbamates (subject to hydrolysis) is 2. The summed E-state index contributed by atoms with van der Waals surface area (Å²) in [6, 6.07) is 13.2. The Morgan fingerprint density at radius 2 is 1.56 bits per heavy atom. The number of halogens is 2. The Morgan fingerprint density at radius 3 is 2.15 bits per heavy atom. The molecule has 0 aromatic heterocycles. The van der Waals surface area contributed by atoms with Crippen LogP contribution >= 0.6 is 0 Å². The smallest absolute Gasteiger partial charge is 0.407 e. The van der Waals surface area contributed by atoms with Crippen LogP contribution in [0.25, 0.3) is 11.1 Å². The van der Waals surface area contributed by atoms with Gasteiger partial charge in [0.1, 0.15) is 18.2 Å². The molecular formula is C26H30F2N2O4. The van der Waals surface area contributed by atoms with Gasteiger partial charge in [-0.25, -0.2) is 18.4 Å². The van der Waals surface area contributed by atoms with Gasteiger partial charge in [-0.1, -0.05) is 48.5 Å². The fraction of sp³-hybridized carbons (Fsp3) is 0.462. The van der Waals surface area contributed by atoms with E-state index >= 15 is 0 Å². The molecule has 2 aromatic rings. The molecule has 182 valence electrons. The molecular weight excluding hydrogens is 442 g/mol. The van der Waals surface area contributed by atoms with Crippen LogP contribution in [0, 0.1) is 0 Å². The highest BCUT2D eigenvalue weighted by Gasteiger charge is 2.49. The lowest BCUT2D eigenvalue weighted by Crippen LogP contribution is -2.62. The largest absolute Gasteiger partial charge is 0.449 e. The normalized spacial score (nSPS) is 21.2. The van der Waals surface area contributed by atoms with Crippen LogP contribution in [0.15, 0.2) is 48.5 Å². The van der Waals surface area contributed by atoms with Crippen LogP contribution in [-0.2, 0) is 9.47 Å². The third-order valence-electron chi connectivity index (χ3n) is 6.20. The Bertz CT molecular complexity index is 1020. The molecule has 2 amide bonds. The number of alkyl halides is 2. The Balaban J connectivity index is 1.43. The molecule has 0 spiro atoms. The minimum Gasteiger partial charge on any atom is -0.449 e. The summed E-state index contributed by atoms with van der Waals surface area (Å²) in [4.78, 5) is 24.8. The van der Waals surface area contributed by atoms with E-state index in [1.165, 1.54) is 0 Å². The Kier molecular flexibility index (Phi) is 6.51. The van der Waals surface area contributed by atoms with Crippen molar-refractivity contribution in [2.45, 2.75) is 69.6 Å². The number of benzene rings is 2. The number of fused-ring (bicyclic) bond motifs is 3. The number of hydrogen-bond donors (Lipinski definition) is 2. The van der Waals surface area contributed by atoms with Gasteiger partial charge in [-0.3, -0.25) is 0 Å². The number of carbonyl (C=O) groups excluding carboxylic acids is 2. The van der Waals surface area contributed by atoms with Gasteiger partial charge in [0.05, 0.1) is 6.04 Å². The summed E-state index contributed by atoms with van der Waals surface area (Å²) in [6.45, 7) is 5.08. The van der Waals surface area contributed by atoms with E-state index in [-0.39, 0.29) is 25.4 Å². The Morgan fingerprint density at radius 1 is 0.971 bits per heavy atom. The summed E-state index contributed by atoms with van der Waals surface area (Å²) in [5.41, 5.74) is 3.45. The molecule has 2 atom stereocenters. The lowest BCUT2D eigenvalue weighted by molar-refractivity contribution is -0.0739. The first-order valence-corrected chi connectivity index (χ1v) is 11.5. The van der Waals surface area contributed by atoms with Crippen LogP contribution in [0.4, 0.5) is 18.4 Å². The fourth-order valence-corrected chi connectivity index (χ4v) is 4.76. The van der Waals surface area contributed by atoms with Crippen LogP contribution < -0.4 is 10.6 Å².